The molecule has 0 heterocycles. The van der Waals surface area contributed by atoms with Gasteiger partial charge < -0.3 is 5.73 Å². The third-order valence-corrected chi connectivity index (χ3v) is 3.28. The second-order valence-corrected chi connectivity index (χ2v) is 4.60. The monoisotopic (exact) mass is 327 g/mol. The number of nitrogens with two attached hydrogens (primary N) is 1. The number of hydrogen-bond acceptors (Lipinski definition) is 2. The maximum absolute atomic E-state index is 7.65. The Kier molecular flexibility index (Phi) is 6.02. The predicted molar refractivity (Wildman–Crippen MR) is 88.3 cm³/mol. The molecule has 6 heteroatoms. The Labute approximate surface area is 133 Å². The molecule has 3 nitrogen and oxygen atoms in total. The number of halogens is 3. The number of para-hydroxylation sites is 1. The smallest absolute Gasteiger partial charge is 0.142 e. The van der Waals surface area contributed by atoms with Crippen LogP contribution in [0.25, 0.3) is 0 Å². The van der Waals surface area contributed by atoms with E-state index in [1.165, 1.54) is 0 Å². The highest BCUT2D eigenvalue weighted by Gasteiger charge is 2.13. The van der Waals surface area contributed by atoms with Crippen LogP contribution in [0.5, 0.6) is 0 Å². The summed E-state index contributed by atoms with van der Waals surface area (Å²) in [5.41, 5.74) is 7.14. The van der Waals surface area contributed by atoms with Gasteiger partial charge in [-0.2, -0.15) is 0 Å². The van der Waals surface area contributed by atoms with Crippen LogP contribution in [-0.2, 0) is 0 Å². The highest BCUT2D eigenvalue weighted by atomic mass is 35.5. The van der Waals surface area contributed by atoms with Crippen LogP contribution < -0.4 is 5.73 Å². The fourth-order valence-electron chi connectivity index (χ4n) is 1.58. The van der Waals surface area contributed by atoms with Crippen molar-refractivity contribution in [2.24, 2.45) is 10.7 Å². The van der Waals surface area contributed by atoms with Crippen LogP contribution in [0, 0.1) is 5.41 Å². The summed E-state index contributed by atoms with van der Waals surface area (Å²) in [6.07, 6.45) is 0. The number of hydrogen-bond donors (Lipinski definition) is 2. The van der Waals surface area contributed by atoms with E-state index in [2.05, 4.69) is 4.99 Å². The van der Waals surface area contributed by atoms with Crippen molar-refractivity contribution < 1.29 is 0 Å². The fourth-order valence-corrected chi connectivity index (χ4v) is 1.97. The third-order valence-electron chi connectivity index (χ3n) is 2.46. The summed E-state index contributed by atoms with van der Waals surface area (Å²) in [5, 5.41) is 8.40. The molecule has 0 unspecified atom stereocenters. The number of aliphatic imine (C=N–C) groups is 1. The molecule has 2 aromatic rings. The lowest BCUT2D eigenvalue weighted by Gasteiger charge is -2.08. The van der Waals surface area contributed by atoms with E-state index in [4.69, 9.17) is 34.3 Å². The molecule has 0 saturated heterocycles. The van der Waals surface area contributed by atoms with E-state index in [0.717, 1.165) is 0 Å². The van der Waals surface area contributed by atoms with Crippen molar-refractivity contribution in [2.45, 2.75) is 0 Å². The Hall–Kier alpha value is -1.55. The highest BCUT2D eigenvalue weighted by Crippen LogP contribution is 2.27. The van der Waals surface area contributed by atoms with E-state index in [0.29, 0.717) is 27.0 Å². The normalized spacial score (nSPS) is 10.8. The summed E-state index contributed by atoms with van der Waals surface area (Å²) in [5.74, 6) is -0.159. The standard InChI is InChI=1S/C14H11Cl2N3.ClH/c15-11-8-4-7-10(12(11)16)13(14(17)18)19-9-5-2-1-3-6-9;/h1-8H,(H3,17,18);1H. The molecule has 0 aromatic heterocycles. The van der Waals surface area contributed by atoms with E-state index in [1.54, 1.807) is 18.2 Å². The lowest BCUT2D eigenvalue weighted by Crippen LogP contribution is -2.23. The maximum Gasteiger partial charge on any atom is 0.142 e. The molecule has 20 heavy (non-hydrogen) atoms. The molecule has 2 aromatic carbocycles. The van der Waals surface area contributed by atoms with Crippen molar-refractivity contribution in [1.82, 2.24) is 0 Å². The molecule has 0 amide bonds. The largest absolute Gasteiger partial charge is 0.382 e. The Morgan fingerprint density at radius 3 is 2.25 bits per heavy atom. The number of amidine groups is 1. The summed E-state index contributed by atoms with van der Waals surface area (Å²) in [6.45, 7) is 0. The van der Waals surface area contributed by atoms with Gasteiger partial charge in [0.05, 0.1) is 15.7 Å². The minimum atomic E-state index is -0.159. The van der Waals surface area contributed by atoms with Crippen molar-refractivity contribution in [3.05, 3.63) is 64.1 Å². The molecule has 0 aliphatic heterocycles. The van der Waals surface area contributed by atoms with Crippen LogP contribution in [-0.4, -0.2) is 11.5 Å². The first-order chi connectivity index (χ1) is 9.09. The Bertz CT molecular complexity index is 639. The number of nitrogens with one attached hydrogen (secondary N) is 1. The zero-order chi connectivity index (χ0) is 13.8. The van der Waals surface area contributed by atoms with Gasteiger partial charge in [0.25, 0.3) is 0 Å². The summed E-state index contributed by atoms with van der Waals surface area (Å²) in [4.78, 5) is 4.35. The Balaban J connectivity index is 0.00000200. The van der Waals surface area contributed by atoms with Gasteiger partial charge in [-0.05, 0) is 18.2 Å². The number of benzene rings is 2. The van der Waals surface area contributed by atoms with Crippen molar-refractivity contribution in [3.63, 3.8) is 0 Å². The van der Waals surface area contributed by atoms with Gasteiger partial charge in [-0.1, -0.05) is 53.5 Å². The molecule has 0 saturated carbocycles. The van der Waals surface area contributed by atoms with Crippen molar-refractivity contribution in [1.29, 1.82) is 5.41 Å². The second-order valence-electron chi connectivity index (χ2n) is 3.81. The van der Waals surface area contributed by atoms with Gasteiger partial charge in [0.1, 0.15) is 11.5 Å². The molecule has 104 valence electrons. The van der Waals surface area contributed by atoms with Gasteiger partial charge in [-0.25, -0.2) is 4.99 Å². The van der Waals surface area contributed by atoms with Crippen molar-refractivity contribution in [3.8, 4) is 0 Å². The zero-order valence-electron chi connectivity index (χ0n) is 10.3. The molecular formula is C14H12Cl3N3. The topological polar surface area (TPSA) is 62.2 Å². The molecule has 3 N–H and O–H groups in total. The first-order valence-electron chi connectivity index (χ1n) is 5.52. The second kappa shape index (κ2) is 7.29. The van der Waals surface area contributed by atoms with Crippen molar-refractivity contribution in [2.75, 3.05) is 0 Å². The average Bonchev–Trinajstić information content (AvgIpc) is 2.40. The SMILES string of the molecule is Cl.N=C(N)C(=Nc1ccccc1)c1cccc(Cl)c1Cl. The number of nitrogens with zero attached hydrogens (tertiary/aromatic N) is 1. The van der Waals surface area contributed by atoms with Crippen LogP contribution in [0.4, 0.5) is 5.69 Å². The van der Waals surface area contributed by atoms with Crippen LogP contribution in [0.2, 0.25) is 10.0 Å². The van der Waals surface area contributed by atoms with E-state index < -0.39 is 0 Å². The Morgan fingerprint density at radius 2 is 1.65 bits per heavy atom. The zero-order valence-corrected chi connectivity index (χ0v) is 12.6. The van der Waals surface area contributed by atoms with E-state index in [-0.39, 0.29) is 18.2 Å². The minimum Gasteiger partial charge on any atom is -0.382 e. The molecule has 0 radical (unpaired) electrons. The van der Waals surface area contributed by atoms with E-state index >= 15 is 0 Å². The third kappa shape index (κ3) is 3.73. The van der Waals surface area contributed by atoms with Gasteiger partial charge in [0.2, 0.25) is 0 Å². The lowest BCUT2D eigenvalue weighted by atomic mass is 10.1. The van der Waals surface area contributed by atoms with Crippen LogP contribution in [0.1, 0.15) is 5.56 Å². The Morgan fingerprint density at radius 1 is 1.00 bits per heavy atom. The fraction of sp³-hybridized carbons (Fsp3) is 0. The molecule has 0 atom stereocenters. The molecule has 0 aliphatic carbocycles. The molecular weight excluding hydrogens is 317 g/mol. The predicted octanol–water partition coefficient (Wildman–Crippen LogP) is 4.47. The summed E-state index contributed by atoms with van der Waals surface area (Å²) in [7, 11) is 0. The maximum atomic E-state index is 7.65. The van der Waals surface area contributed by atoms with Gasteiger partial charge in [-0.15, -0.1) is 12.4 Å². The van der Waals surface area contributed by atoms with Crippen molar-refractivity contribution >= 4 is 52.8 Å². The van der Waals surface area contributed by atoms with Crippen LogP contribution >= 0.6 is 35.6 Å². The number of rotatable bonds is 3. The van der Waals surface area contributed by atoms with Gasteiger partial charge in [0.15, 0.2) is 0 Å². The molecule has 2 rings (SSSR count). The summed E-state index contributed by atoms with van der Waals surface area (Å²) >= 11 is 12.1. The van der Waals surface area contributed by atoms with E-state index in [9.17, 15) is 0 Å². The summed E-state index contributed by atoms with van der Waals surface area (Å²) < 4.78 is 0. The van der Waals surface area contributed by atoms with Gasteiger partial charge in [-0.3, -0.25) is 5.41 Å². The summed E-state index contributed by atoms with van der Waals surface area (Å²) in [6, 6.07) is 14.4. The van der Waals surface area contributed by atoms with Gasteiger partial charge in [0, 0.05) is 5.56 Å². The van der Waals surface area contributed by atoms with E-state index in [1.807, 2.05) is 30.3 Å². The minimum absolute atomic E-state index is 0. The van der Waals surface area contributed by atoms with Crippen LogP contribution in [0.15, 0.2) is 53.5 Å². The molecule has 0 aliphatic rings. The van der Waals surface area contributed by atoms with Gasteiger partial charge >= 0.3 is 0 Å². The molecule has 0 fully saturated rings. The lowest BCUT2D eigenvalue weighted by molar-refractivity contribution is 1.44. The molecule has 0 bridgehead atoms. The quantitative estimate of drug-likeness (QED) is 0.633. The first kappa shape index (κ1) is 16.5. The highest BCUT2D eigenvalue weighted by molar-refractivity contribution is 6.52. The first-order valence-corrected chi connectivity index (χ1v) is 6.27. The molecule has 0 spiro atoms. The average molecular weight is 329 g/mol. The van der Waals surface area contributed by atoms with Crippen LogP contribution in [0.3, 0.4) is 0 Å².